The number of carbonyl (C=O) groups is 3. The number of nitrogens with one attached hydrogen (secondary N) is 3. The third-order valence-electron chi connectivity index (χ3n) is 4.37. The summed E-state index contributed by atoms with van der Waals surface area (Å²) in [5, 5.41) is 15.6. The summed E-state index contributed by atoms with van der Waals surface area (Å²) in [6.07, 6.45) is 1.86. The molecule has 146 valence electrons. The minimum absolute atomic E-state index is 0.122. The topological polar surface area (TPSA) is 137 Å². The number of hydrogen-bond acceptors (Lipinski definition) is 4. The number of amides is 2. The molecular formula is C19H26N4O4. The van der Waals surface area contributed by atoms with E-state index in [-0.39, 0.29) is 12.3 Å². The average Bonchev–Trinajstić information content (AvgIpc) is 3.01. The molecule has 3 atom stereocenters. The van der Waals surface area contributed by atoms with Gasteiger partial charge in [0.2, 0.25) is 11.8 Å². The maximum atomic E-state index is 12.6. The molecule has 0 fully saturated rings. The van der Waals surface area contributed by atoms with Crippen molar-refractivity contribution in [1.82, 2.24) is 15.6 Å². The van der Waals surface area contributed by atoms with Crippen LogP contribution >= 0.6 is 0 Å². The zero-order valence-electron chi connectivity index (χ0n) is 15.7. The van der Waals surface area contributed by atoms with Gasteiger partial charge in [-0.25, -0.2) is 4.79 Å². The molecule has 1 heterocycles. The first-order valence-electron chi connectivity index (χ1n) is 8.84. The molecule has 0 spiro atoms. The van der Waals surface area contributed by atoms with Crippen LogP contribution in [0.4, 0.5) is 0 Å². The zero-order valence-corrected chi connectivity index (χ0v) is 15.7. The number of aromatic amines is 1. The minimum Gasteiger partial charge on any atom is -0.480 e. The summed E-state index contributed by atoms with van der Waals surface area (Å²) in [4.78, 5) is 39.2. The molecule has 1 aromatic heterocycles. The lowest BCUT2D eigenvalue weighted by atomic mass is 10.0. The second kappa shape index (κ2) is 8.68. The molecule has 6 N–H and O–H groups in total. The van der Waals surface area contributed by atoms with Crippen molar-refractivity contribution in [2.24, 2.45) is 11.7 Å². The normalized spacial score (nSPS) is 14.6. The Kier molecular flexibility index (Phi) is 6.57. The molecule has 8 heteroatoms. The lowest BCUT2D eigenvalue weighted by molar-refractivity contribution is -0.142. The fourth-order valence-corrected chi connectivity index (χ4v) is 2.80. The molecule has 0 bridgehead atoms. The van der Waals surface area contributed by atoms with Gasteiger partial charge in [0.15, 0.2) is 0 Å². The Morgan fingerprint density at radius 3 is 2.37 bits per heavy atom. The standard InChI is InChI=1S/C19H26N4O4/c1-10(2)16(23-17(24)11(3)20)18(25)22-15(19(26)27)8-12-9-21-14-7-5-4-6-13(12)14/h4-7,9-11,15-16,21H,8,20H2,1-3H3,(H,22,25)(H,23,24)(H,26,27)/t11-,15-,16-/m0/s1. The number of nitrogens with two attached hydrogens (primary N) is 1. The van der Waals surface area contributed by atoms with Crippen LogP contribution < -0.4 is 16.4 Å². The van der Waals surface area contributed by atoms with E-state index in [1.54, 1.807) is 20.0 Å². The summed E-state index contributed by atoms with van der Waals surface area (Å²) in [6.45, 7) is 5.05. The largest absolute Gasteiger partial charge is 0.480 e. The molecule has 2 aromatic rings. The first-order chi connectivity index (χ1) is 12.7. The summed E-state index contributed by atoms with van der Waals surface area (Å²) < 4.78 is 0. The second-order valence-electron chi connectivity index (χ2n) is 6.98. The Morgan fingerprint density at radius 1 is 1.11 bits per heavy atom. The lowest BCUT2D eigenvalue weighted by Gasteiger charge is -2.24. The third kappa shape index (κ3) is 5.07. The second-order valence-corrected chi connectivity index (χ2v) is 6.98. The lowest BCUT2D eigenvalue weighted by Crippen LogP contribution is -2.56. The number of aromatic nitrogens is 1. The number of carboxylic acids is 1. The number of aliphatic carboxylic acids is 1. The maximum Gasteiger partial charge on any atom is 0.326 e. The van der Waals surface area contributed by atoms with Crippen LogP contribution in [0.1, 0.15) is 26.3 Å². The van der Waals surface area contributed by atoms with E-state index in [9.17, 15) is 19.5 Å². The van der Waals surface area contributed by atoms with Gasteiger partial charge in [-0.05, 0) is 24.5 Å². The number of H-pyrrole nitrogens is 1. The SMILES string of the molecule is CC(C)[C@H](NC(=O)[C@H](C)N)C(=O)N[C@@H](Cc1c[nH]c2ccccc12)C(=O)O. The number of carbonyl (C=O) groups excluding carboxylic acids is 2. The van der Waals surface area contributed by atoms with E-state index in [4.69, 9.17) is 5.73 Å². The van der Waals surface area contributed by atoms with Crippen LogP contribution in [-0.2, 0) is 20.8 Å². The molecular weight excluding hydrogens is 348 g/mol. The molecule has 0 saturated heterocycles. The van der Waals surface area contributed by atoms with Crippen molar-refractivity contribution in [2.75, 3.05) is 0 Å². The predicted molar refractivity (Wildman–Crippen MR) is 102 cm³/mol. The van der Waals surface area contributed by atoms with Crippen molar-refractivity contribution in [1.29, 1.82) is 0 Å². The number of para-hydroxylation sites is 1. The van der Waals surface area contributed by atoms with Gasteiger partial charge in [-0.2, -0.15) is 0 Å². The number of carboxylic acid groups (broad SMARTS) is 1. The monoisotopic (exact) mass is 374 g/mol. The van der Waals surface area contributed by atoms with Gasteiger partial charge in [0.05, 0.1) is 6.04 Å². The molecule has 2 rings (SSSR count). The number of benzene rings is 1. The molecule has 0 radical (unpaired) electrons. The van der Waals surface area contributed by atoms with Crippen molar-refractivity contribution in [3.05, 3.63) is 36.0 Å². The summed E-state index contributed by atoms with van der Waals surface area (Å²) in [6, 6.07) is 4.78. The minimum atomic E-state index is -1.14. The average molecular weight is 374 g/mol. The van der Waals surface area contributed by atoms with Crippen LogP contribution in [0.3, 0.4) is 0 Å². The number of fused-ring (bicyclic) bond motifs is 1. The van der Waals surface area contributed by atoms with Crippen molar-refractivity contribution in [3.8, 4) is 0 Å². The van der Waals surface area contributed by atoms with E-state index in [2.05, 4.69) is 15.6 Å². The van der Waals surface area contributed by atoms with E-state index in [0.29, 0.717) is 0 Å². The Bertz CT molecular complexity index is 828. The molecule has 1 aromatic carbocycles. The van der Waals surface area contributed by atoms with E-state index in [0.717, 1.165) is 16.5 Å². The van der Waals surface area contributed by atoms with Crippen LogP contribution in [0.25, 0.3) is 10.9 Å². The first kappa shape index (κ1) is 20.4. The summed E-state index contributed by atoms with van der Waals surface area (Å²) in [5.74, 6) is -2.39. The highest BCUT2D eigenvalue weighted by atomic mass is 16.4. The molecule has 2 amide bonds. The number of rotatable bonds is 8. The van der Waals surface area contributed by atoms with Crippen LogP contribution in [0.5, 0.6) is 0 Å². The molecule has 27 heavy (non-hydrogen) atoms. The third-order valence-corrected chi connectivity index (χ3v) is 4.37. The summed E-state index contributed by atoms with van der Waals surface area (Å²) in [7, 11) is 0. The van der Waals surface area contributed by atoms with Gasteiger partial charge in [0.1, 0.15) is 12.1 Å². The van der Waals surface area contributed by atoms with E-state index in [1.807, 2.05) is 24.3 Å². The Hall–Kier alpha value is -2.87. The fourth-order valence-electron chi connectivity index (χ4n) is 2.80. The molecule has 0 unspecified atom stereocenters. The Balaban J connectivity index is 2.15. The fraction of sp³-hybridized carbons (Fsp3) is 0.421. The van der Waals surface area contributed by atoms with Crippen molar-refractivity contribution in [2.45, 2.75) is 45.3 Å². The maximum absolute atomic E-state index is 12.6. The van der Waals surface area contributed by atoms with Crippen LogP contribution in [0, 0.1) is 5.92 Å². The Morgan fingerprint density at radius 2 is 1.78 bits per heavy atom. The molecule has 8 nitrogen and oxygen atoms in total. The van der Waals surface area contributed by atoms with E-state index < -0.39 is 35.9 Å². The Labute approximate surface area is 157 Å². The molecule has 0 aliphatic heterocycles. The highest BCUT2D eigenvalue weighted by Crippen LogP contribution is 2.19. The highest BCUT2D eigenvalue weighted by Gasteiger charge is 2.29. The van der Waals surface area contributed by atoms with Crippen LogP contribution in [0.2, 0.25) is 0 Å². The van der Waals surface area contributed by atoms with Crippen LogP contribution in [0.15, 0.2) is 30.5 Å². The highest BCUT2D eigenvalue weighted by molar-refractivity contribution is 5.92. The first-order valence-corrected chi connectivity index (χ1v) is 8.84. The van der Waals surface area contributed by atoms with Gasteiger partial charge in [-0.15, -0.1) is 0 Å². The molecule has 0 saturated carbocycles. The van der Waals surface area contributed by atoms with Crippen molar-refractivity contribution < 1.29 is 19.5 Å². The van der Waals surface area contributed by atoms with Gasteiger partial charge in [-0.3, -0.25) is 9.59 Å². The summed E-state index contributed by atoms with van der Waals surface area (Å²) >= 11 is 0. The quantitative estimate of drug-likeness (QED) is 0.465. The van der Waals surface area contributed by atoms with Crippen LogP contribution in [-0.4, -0.2) is 46.0 Å². The zero-order chi connectivity index (χ0) is 20.1. The molecule has 0 aliphatic rings. The predicted octanol–water partition coefficient (Wildman–Crippen LogP) is 0.768. The van der Waals surface area contributed by atoms with Gasteiger partial charge < -0.3 is 26.5 Å². The van der Waals surface area contributed by atoms with Gasteiger partial charge in [-0.1, -0.05) is 32.0 Å². The van der Waals surface area contributed by atoms with Crippen molar-refractivity contribution >= 4 is 28.7 Å². The smallest absolute Gasteiger partial charge is 0.326 e. The summed E-state index contributed by atoms with van der Waals surface area (Å²) in [5.41, 5.74) is 7.22. The van der Waals surface area contributed by atoms with E-state index in [1.165, 1.54) is 6.92 Å². The van der Waals surface area contributed by atoms with Gasteiger partial charge >= 0.3 is 5.97 Å². The van der Waals surface area contributed by atoms with E-state index >= 15 is 0 Å². The van der Waals surface area contributed by atoms with Gasteiger partial charge in [0, 0.05) is 23.5 Å². The number of hydrogen-bond donors (Lipinski definition) is 5. The van der Waals surface area contributed by atoms with Crippen molar-refractivity contribution in [3.63, 3.8) is 0 Å². The van der Waals surface area contributed by atoms with Gasteiger partial charge in [0.25, 0.3) is 0 Å². The molecule has 0 aliphatic carbocycles.